The minimum Gasteiger partial charge on any atom is -0.482 e. The van der Waals surface area contributed by atoms with E-state index in [4.69, 9.17) is 23.7 Å². The first-order valence-electron chi connectivity index (χ1n) is 9.56. The second kappa shape index (κ2) is 10.1. The Hall–Kier alpha value is -2.59. The molecule has 0 spiro atoms. The Balaban J connectivity index is 2.53. The van der Waals surface area contributed by atoms with Gasteiger partial charge in [0.1, 0.15) is 18.5 Å². The van der Waals surface area contributed by atoms with E-state index in [1.807, 2.05) is 6.92 Å². The number of aryl methyl sites for hydroxylation is 1. The molecule has 0 saturated carbocycles. The molecule has 9 nitrogen and oxygen atoms in total. The van der Waals surface area contributed by atoms with Gasteiger partial charge in [0.2, 0.25) is 4.93 Å². The van der Waals surface area contributed by atoms with Gasteiger partial charge in [-0.15, -0.1) is 12.6 Å². The molecule has 10 heteroatoms. The fourth-order valence-corrected chi connectivity index (χ4v) is 3.48. The fourth-order valence-electron chi connectivity index (χ4n) is 3.15. The first-order valence-corrected chi connectivity index (χ1v) is 10.0. The highest BCUT2D eigenvalue weighted by Crippen LogP contribution is 2.39. The lowest BCUT2D eigenvalue weighted by Crippen LogP contribution is -2.68. The average Bonchev–Trinajstić information content (AvgIpc) is 2.66. The van der Waals surface area contributed by atoms with Crippen LogP contribution in [0.3, 0.4) is 0 Å². The predicted molar refractivity (Wildman–Crippen MR) is 111 cm³/mol. The summed E-state index contributed by atoms with van der Waals surface area (Å²) in [7, 11) is 0. The second-order valence-electron chi connectivity index (χ2n) is 7.21. The van der Waals surface area contributed by atoms with Gasteiger partial charge in [-0.1, -0.05) is 17.7 Å². The number of benzene rings is 1. The molecule has 5 atom stereocenters. The standard InChI is InChI=1S/C21H26O9S/c1-11-6-8-16(9-7-11)29-20-19(28-15(5)25)18(27-14(4)24)17(10-26-13(3)23)30-21(20,31)12(2)22/h6-9,17-20,31H,10H2,1-5H3/t17-,18+,19+,20-,21+/m1/s1. The summed E-state index contributed by atoms with van der Waals surface area (Å²) in [5.41, 5.74) is 0.978. The predicted octanol–water partition coefficient (Wildman–Crippen LogP) is 1.78. The van der Waals surface area contributed by atoms with Crippen molar-refractivity contribution in [1.82, 2.24) is 0 Å². The molecule has 1 aromatic rings. The summed E-state index contributed by atoms with van der Waals surface area (Å²) in [6.45, 7) is 6.28. The van der Waals surface area contributed by atoms with Crippen molar-refractivity contribution in [1.29, 1.82) is 0 Å². The lowest BCUT2D eigenvalue weighted by Gasteiger charge is -2.48. The molecular weight excluding hydrogens is 428 g/mol. The van der Waals surface area contributed by atoms with Gasteiger partial charge in [0.15, 0.2) is 24.1 Å². The molecule has 170 valence electrons. The third kappa shape index (κ3) is 6.20. The fraction of sp³-hybridized carbons (Fsp3) is 0.524. The van der Waals surface area contributed by atoms with Crippen molar-refractivity contribution >= 4 is 36.3 Å². The van der Waals surface area contributed by atoms with Crippen LogP contribution in [0.1, 0.15) is 33.3 Å². The van der Waals surface area contributed by atoms with Crippen molar-refractivity contribution < 1.29 is 42.9 Å². The minimum absolute atomic E-state index is 0.357. The molecule has 1 aliphatic heterocycles. The van der Waals surface area contributed by atoms with Crippen LogP contribution in [0.5, 0.6) is 5.75 Å². The second-order valence-corrected chi connectivity index (χ2v) is 7.88. The van der Waals surface area contributed by atoms with Gasteiger partial charge in [0.25, 0.3) is 0 Å². The molecule has 0 aliphatic carbocycles. The van der Waals surface area contributed by atoms with Crippen LogP contribution in [0, 0.1) is 6.92 Å². The Bertz CT molecular complexity index is 838. The summed E-state index contributed by atoms with van der Waals surface area (Å²) in [5, 5.41) is 0. The van der Waals surface area contributed by atoms with Crippen molar-refractivity contribution in [3.8, 4) is 5.75 Å². The largest absolute Gasteiger partial charge is 0.482 e. The van der Waals surface area contributed by atoms with Gasteiger partial charge in [-0.3, -0.25) is 19.2 Å². The molecule has 0 amide bonds. The number of carbonyl (C=O) groups is 4. The van der Waals surface area contributed by atoms with Crippen LogP contribution >= 0.6 is 12.6 Å². The number of thiol groups is 1. The van der Waals surface area contributed by atoms with Crippen LogP contribution in [0.4, 0.5) is 0 Å². The number of esters is 3. The number of hydrogen-bond donors (Lipinski definition) is 1. The molecule has 31 heavy (non-hydrogen) atoms. The molecule has 1 saturated heterocycles. The van der Waals surface area contributed by atoms with Crippen LogP contribution in [0.15, 0.2) is 24.3 Å². The molecular formula is C21H26O9S. The number of Topliss-reactive ketones (excluding diaryl/α,β-unsaturated/α-hetero) is 1. The van der Waals surface area contributed by atoms with Crippen LogP contribution < -0.4 is 4.74 Å². The van der Waals surface area contributed by atoms with E-state index in [0.29, 0.717) is 5.75 Å². The van der Waals surface area contributed by atoms with Crippen LogP contribution in [0.2, 0.25) is 0 Å². The number of rotatable bonds is 7. The Morgan fingerprint density at radius 3 is 1.97 bits per heavy atom. The molecule has 2 rings (SSSR count). The van der Waals surface area contributed by atoms with E-state index in [1.165, 1.54) is 13.8 Å². The summed E-state index contributed by atoms with van der Waals surface area (Å²) in [4.78, 5) is 45.7. The zero-order valence-electron chi connectivity index (χ0n) is 17.9. The minimum atomic E-state index is -1.90. The highest BCUT2D eigenvalue weighted by Gasteiger charge is 2.60. The van der Waals surface area contributed by atoms with Crippen LogP contribution in [-0.4, -0.2) is 59.6 Å². The van der Waals surface area contributed by atoms with E-state index < -0.39 is 53.0 Å². The number of ether oxygens (including phenoxy) is 5. The molecule has 1 aliphatic rings. The smallest absolute Gasteiger partial charge is 0.303 e. The van der Waals surface area contributed by atoms with E-state index in [0.717, 1.165) is 19.4 Å². The van der Waals surface area contributed by atoms with Gasteiger partial charge in [0, 0.05) is 20.8 Å². The molecule has 0 unspecified atom stereocenters. The maximum absolute atomic E-state index is 12.6. The van der Waals surface area contributed by atoms with Crippen molar-refractivity contribution in [2.24, 2.45) is 0 Å². The summed E-state index contributed by atoms with van der Waals surface area (Å²) in [5.74, 6) is -2.19. The van der Waals surface area contributed by atoms with Gasteiger partial charge in [0.05, 0.1) is 0 Å². The summed E-state index contributed by atoms with van der Waals surface area (Å²) >= 11 is 4.44. The Morgan fingerprint density at radius 1 is 0.935 bits per heavy atom. The van der Waals surface area contributed by atoms with Crippen LogP contribution in [-0.2, 0) is 38.1 Å². The third-order valence-electron chi connectivity index (χ3n) is 4.55. The highest BCUT2D eigenvalue weighted by atomic mass is 32.1. The van der Waals surface area contributed by atoms with Crippen molar-refractivity contribution in [2.75, 3.05) is 6.61 Å². The van der Waals surface area contributed by atoms with E-state index in [-0.39, 0.29) is 6.61 Å². The van der Waals surface area contributed by atoms with Crippen molar-refractivity contribution in [2.45, 2.75) is 64.0 Å². The first kappa shape index (κ1) is 24.7. The zero-order chi connectivity index (χ0) is 23.3. The van der Waals surface area contributed by atoms with Gasteiger partial charge >= 0.3 is 17.9 Å². The van der Waals surface area contributed by atoms with E-state index in [9.17, 15) is 19.2 Å². The van der Waals surface area contributed by atoms with Gasteiger partial charge in [-0.25, -0.2) is 0 Å². The van der Waals surface area contributed by atoms with Crippen LogP contribution in [0.25, 0.3) is 0 Å². The Labute approximate surface area is 185 Å². The normalized spacial score (nSPS) is 27.7. The summed E-state index contributed by atoms with van der Waals surface area (Å²) in [6.07, 6.45) is -4.93. The zero-order valence-corrected chi connectivity index (χ0v) is 18.8. The SMILES string of the molecule is CC(=O)OC[C@H]1O[C@](S)(C(C)=O)[C@H](Oc2ccc(C)cc2)[C@@H](OC(C)=O)[C@H]1OC(C)=O. The van der Waals surface area contributed by atoms with Gasteiger partial charge < -0.3 is 23.7 Å². The molecule has 0 aromatic heterocycles. The number of ketones is 1. The maximum Gasteiger partial charge on any atom is 0.303 e. The topological polar surface area (TPSA) is 114 Å². The quantitative estimate of drug-likeness (QED) is 0.374. The third-order valence-corrected chi connectivity index (χ3v) is 5.22. The molecule has 1 fully saturated rings. The summed E-state index contributed by atoms with van der Waals surface area (Å²) in [6, 6.07) is 6.92. The maximum atomic E-state index is 12.6. The van der Waals surface area contributed by atoms with E-state index in [2.05, 4.69) is 12.6 Å². The van der Waals surface area contributed by atoms with Gasteiger partial charge in [-0.2, -0.15) is 0 Å². The van der Waals surface area contributed by atoms with Crippen molar-refractivity contribution in [3.63, 3.8) is 0 Å². The lowest BCUT2D eigenvalue weighted by molar-refractivity contribution is -0.246. The first-order chi connectivity index (χ1) is 14.4. The van der Waals surface area contributed by atoms with E-state index in [1.54, 1.807) is 24.3 Å². The molecule has 0 N–H and O–H groups in total. The molecule has 1 aromatic carbocycles. The van der Waals surface area contributed by atoms with Crippen molar-refractivity contribution in [3.05, 3.63) is 29.8 Å². The Morgan fingerprint density at radius 2 is 1.48 bits per heavy atom. The molecule has 1 heterocycles. The molecule has 0 bridgehead atoms. The average molecular weight is 454 g/mol. The Kier molecular flexibility index (Phi) is 8.08. The lowest BCUT2D eigenvalue weighted by atomic mass is 9.91. The number of carbonyl (C=O) groups excluding carboxylic acids is 4. The van der Waals surface area contributed by atoms with E-state index >= 15 is 0 Å². The molecule has 0 radical (unpaired) electrons. The highest BCUT2D eigenvalue weighted by molar-refractivity contribution is 7.82. The van der Waals surface area contributed by atoms with Gasteiger partial charge in [-0.05, 0) is 26.0 Å². The number of hydrogen-bond acceptors (Lipinski definition) is 10. The summed E-state index contributed by atoms with van der Waals surface area (Å²) < 4.78 is 27.6. The monoisotopic (exact) mass is 454 g/mol.